The van der Waals surface area contributed by atoms with Crippen molar-refractivity contribution < 1.29 is 0 Å². The monoisotopic (exact) mass is 271 g/mol. The van der Waals surface area contributed by atoms with E-state index in [1.54, 1.807) is 0 Å². The van der Waals surface area contributed by atoms with Crippen LogP contribution in [0.1, 0.15) is 38.7 Å². The van der Waals surface area contributed by atoms with Gasteiger partial charge in [-0.25, -0.2) is 0 Å². The molecule has 0 spiro atoms. The van der Waals surface area contributed by atoms with Crippen molar-refractivity contribution in [3.63, 3.8) is 0 Å². The van der Waals surface area contributed by atoms with Gasteiger partial charge in [0.1, 0.15) is 0 Å². The van der Waals surface area contributed by atoms with Crippen molar-refractivity contribution >= 4 is 23.2 Å². The first kappa shape index (κ1) is 13.2. The molecule has 94 valence electrons. The average Bonchev–Trinajstić information content (AvgIpc) is 2.47. The lowest BCUT2D eigenvalue weighted by Crippen LogP contribution is -2.40. The molecular weight excluding hydrogens is 253 g/mol. The second kappa shape index (κ2) is 4.46. The largest absolute Gasteiger partial charge is 0.325 e. The first-order chi connectivity index (χ1) is 7.80. The molecule has 1 aliphatic rings. The van der Waals surface area contributed by atoms with E-state index in [2.05, 4.69) is 13.8 Å². The van der Waals surface area contributed by atoms with E-state index in [0.29, 0.717) is 15.5 Å². The maximum absolute atomic E-state index is 6.48. The van der Waals surface area contributed by atoms with Crippen LogP contribution in [0.5, 0.6) is 0 Å². The molecule has 3 heteroatoms. The minimum Gasteiger partial charge on any atom is -0.325 e. The zero-order valence-corrected chi connectivity index (χ0v) is 11.9. The SMILES string of the molecule is CC1(C)CCC(N)(Cc2ccc(Cl)c(Cl)c2)C1. The maximum Gasteiger partial charge on any atom is 0.0595 e. The lowest BCUT2D eigenvalue weighted by molar-refractivity contribution is 0.334. The van der Waals surface area contributed by atoms with Crippen LogP contribution in [0.2, 0.25) is 10.0 Å². The molecule has 1 fully saturated rings. The smallest absolute Gasteiger partial charge is 0.0595 e. The van der Waals surface area contributed by atoms with Gasteiger partial charge in [-0.1, -0.05) is 43.1 Å². The summed E-state index contributed by atoms with van der Waals surface area (Å²) in [5.41, 5.74) is 7.94. The Kier molecular flexibility index (Phi) is 3.46. The fourth-order valence-electron chi connectivity index (χ4n) is 2.92. The van der Waals surface area contributed by atoms with Crippen molar-refractivity contribution in [1.82, 2.24) is 0 Å². The van der Waals surface area contributed by atoms with Gasteiger partial charge in [-0.15, -0.1) is 0 Å². The quantitative estimate of drug-likeness (QED) is 0.846. The van der Waals surface area contributed by atoms with Gasteiger partial charge in [-0.3, -0.25) is 0 Å². The average molecular weight is 272 g/mol. The molecule has 0 heterocycles. The minimum absolute atomic E-state index is 0.0827. The Morgan fingerprint density at radius 1 is 1.18 bits per heavy atom. The molecule has 1 nitrogen and oxygen atoms in total. The molecule has 1 saturated carbocycles. The molecule has 0 radical (unpaired) electrons. The van der Waals surface area contributed by atoms with Crippen LogP contribution in [0.15, 0.2) is 18.2 Å². The van der Waals surface area contributed by atoms with Crippen LogP contribution in [0, 0.1) is 5.41 Å². The van der Waals surface area contributed by atoms with Gasteiger partial charge >= 0.3 is 0 Å². The minimum atomic E-state index is -0.0827. The van der Waals surface area contributed by atoms with Crippen molar-refractivity contribution in [3.8, 4) is 0 Å². The predicted octanol–water partition coefficient (Wildman–Crippen LogP) is 4.44. The number of benzene rings is 1. The van der Waals surface area contributed by atoms with Crippen molar-refractivity contribution in [2.75, 3.05) is 0 Å². The number of rotatable bonds is 2. The summed E-state index contributed by atoms with van der Waals surface area (Å²) in [4.78, 5) is 0. The highest BCUT2D eigenvalue weighted by Gasteiger charge is 2.40. The topological polar surface area (TPSA) is 26.0 Å². The third-order valence-corrected chi connectivity index (χ3v) is 4.41. The molecule has 2 N–H and O–H groups in total. The second-order valence-electron chi connectivity index (χ2n) is 6.13. The van der Waals surface area contributed by atoms with Gasteiger partial charge in [0, 0.05) is 5.54 Å². The first-order valence-corrected chi connectivity index (χ1v) is 6.78. The van der Waals surface area contributed by atoms with E-state index in [1.165, 1.54) is 12.0 Å². The van der Waals surface area contributed by atoms with Crippen LogP contribution >= 0.6 is 23.2 Å². The molecule has 0 amide bonds. The fourth-order valence-corrected chi connectivity index (χ4v) is 3.24. The zero-order chi connectivity index (χ0) is 12.7. The van der Waals surface area contributed by atoms with Crippen LogP contribution in [-0.4, -0.2) is 5.54 Å². The maximum atomic E-state index is 6.48. The van der Waals surface area contributed by atoms with Crippen LogP contribution in [0.3, 0.4) is 0 Å². The Bertz CT molecular complexity index is 428. The van der Waals surface area contributed by atoms with Gasteiger partial charge in [-0.05, 0) is 48.8 Å². The summed E-state index contributed by atoms with van der Waals surface area (Å²) in [6.45, 7) is 4.58. The standard InChI is InChI=1S/C14H19Cl2N/c1-13(2)5-6-14(17,9-13)8-10-3-4-11(15)12(16)7-10/h3-4,7H,5-6,8-9,17H2,1-2H3. The molecule has 1 aliphatic carbocycles. The Hall–Kier alpha value is -0.240. The van der Waals surface area contributed by atoms with Gasteiger partial charge in [0.05, 0.1) is 10.0 Å². The van der Waals surface area contributed by atoms with E-state index in [4.69, 9.17) is 28.9 Å². The molecule has 1 unspecified atom stereocenters. The van der Waals surface area contributed by atoms with E-state index in [1.807, 2.05) is 18.2 Å². The van der Waals surface area contributed by atoms with Gasteiger partial charge in [0.15, 0.2) is 0 Å². The summed E-state index contributed by atoms with van der Waals surface area (Å²) in [5.74, 6) is 0. The van der Waals surface area contributed by atoms with Crippen LogP contribution in [-0.2, 0) is 6.42 Å². The van der Waals surface area contributed by atoms with Crippen molar-refractivity contribution in [3.05, 3.63) is 33.8 Å². The predicted molar refractivity (Wildman–Crippen MR) is 74.7 cm³/mol. The van der Waals surface area contributed by atoms with E-state index >= 15 is 0 Å². The number of hydrogen-bond donors (Lipinski definition) is 1. The van der Waals surface area contributed by atoms with Crippen LogP contribution in [0.4, 0.5) is 0 Å². The normalized spacial score (nSPS) is 27.4. The highest BCUT2D eigenvalue weighted by Crippen LogP contribution is 2.43. The summed E-state index contributed by atoms with van der Waals surface area (Å²) >= 11 is 11.9. The number of hydrogen-bond acceptors (Lipinski definition) is 1. The summed E-state index contributed by atoms with van der Waals surface area (Å²) in [6, 6.07) is 5.81. The summed E-state index contributed by atoms with van der Waals surface area (Å²) in [7, 11) is 0. The summed E-state index contributed by atoms with van der Waals surface area (Å²) in [6.07, 6.45) is 4.23. The lowest BCUT2D eigenvalue weighted by atomic mass is 9.85. The summed E-state index contributed by atoms with van der Waals surface area (Å²) in [5, 5.41) is 1.22. The lowest BCUT2D eigenvalue weighted by Gasteiger charge is -2.26. The van der Waals surface area contributed by atoms with Crippen LogP contribution < -0.4 is 5.73 Å². The molecule has 1 aromatic rings. The number of halogens is 2. The molecule has 0 bridgehead atoms. The third-order valence-electron chi connectivity index (χ3n) is 3.67. The molecule has 0 aromatic heterocycles. The van der Waals surface area contributed by atoms with Gasteiger partial charge in [0.25, 0.3) is 0 Å². The van der Waals surface area contributed by atoms with E-state index in [0.717, 1.165) is 19.3 Å². The Balaban J connectivity index is 2.13. The number of nitrogens with two attached hydrogens (primary N) is 1. The molecule has 2 rings (SSSR count). The molecule has 0 saturated heterocycles. The van der Waals surface area contributed by atoms with Crippen molar-refractivity contribution in [2.45, 2.75) is 45.1 Å². The molecule has 1 aromatic carbocycles. The van der Waals surface area contributed by atoms with E-state index < -0.39 is 0 Å². The van der Waals surface area contributed by atoms with E-state index in [9.17, 15) is 0 Å². The zero-order valence-electron chi connectivity index (χ0n) is 10.4. The molecular formula is C14H19Cl2N. The Labute approximate surface area is 113 Å². The summed E-state index contributed by atoms with van der Waals surface area (Å²) < 4.78 is 0. The Morgan fingerprint density at radius 3 is 2.41 bits per heavy atom. The van der Waals surface area contributed by atoms with Crippen LogP contribution in [0.25, 0.3) is 0 Å². The van der Waals surface area contributed by atoms with Gasteiger partial charge in [-0.2, -0.15) is 0 Å². The molecule has 17 heavy (non-hydrogen) atoms. The molecule has 1 atom stereocenters. The first-order valence-electron chi connectivity index (χ1n) is 6.03. The fraction of sp³-hybridized carbons (Fsp3) is 0.571. The molecule has 0 aliphatic heterocycles. The third kappa shape index (κ3) is 3.15. The highest BCUT2D eigenvalue weighted by atomic mass is 35.5. The van der Waals surface area contributed by atoms with Gasteiger partial charge < -0.3 is 5.73 Å². The van der Waals surface area contributed by atoms with Crippen molar-refractivity contribution in [2.24, 2.45) is 11.1 Å². The Morgan fingerprint density at radius 2 is 1.88 bits per heavy atom. The second-order valence-corrected chi connectivity index (χ2v) is 6.94. The van der Waals surface area contributed by atoms with Gasteiger partial charge in [0.2, 0.25) is 0 Å². The van der Waals surface area contributed by atoms with E-state index in [-0.39, 0.29) is 5.54 Å². The van der Waals surface area contributed by atoms with Crippen molar-refractivity contribution in [1.29, 1.82) is 0 Å². The highest BCUT2D eigenvalue weighted by molar-refractivity contribution is 6.42.